The molecule has 1 unspecified atom stereocenters. The van der Waals surface area contributed by atoms with Gasteiger partial charge in [0.05, 0.1) is 6.17 Å². The molecule has 0 saturated carbocycles. The fourth-order valence-corrected chi connectivity index (χ4v) is 4.37. The first-order valence-corrected chi connectivity index (χ1v) is 15.2. The maximum atomic E-state index is 11.3. The van der Waals surface area contributed by atoms with Gasteiger partial charge in [-0.2, -0.15) is 0 Å². The van der Waals surface area contributed by atoms with E-state index >= 15 is 0 Å². The van der Waals surface area contributed by atoms with E-state index in [-0.39, 0.29) is 12.1 Å². The molecule has 0 aromatic heterocycles. The molecule has 36 heavy (non-hydrogen) atoms. The smallest absolute Gasteiger partial charge is 0.303 e. The fraction of sp³-hybridized carbons (Fsp3) is 0.867. The van der Waals surface area contributed by atoms with E-state index in [1.807, 2.05) is 0 Å². The topological polar surface area (TPSA) is 104 Å². The largest absolute Gasteiger partial charge is 0.481 e. The van der Waals surface area contributed by atoms with Gasteiger partial charge in [0.15, 0.2) is 0 Å². The van der Waals surface area contributed by atoms with E-state index < -0.39 is 5.97 Å². The number of rotatable bonds is 22. The van der Waals surface area contributed by atoms with Crippen LogP contribution in [0, 0.1) is 0 Å². The second-order valence-electron chi connectivity index (χ2n) is 10.3. The summed E-state index contributed by atoms with van der Waals surface area (Å²) in [4.78, 5) is 21.6. The van der Waals surface area contributed by atoms with Gasteiger partial charge in [-0.3, -0.25) is 14.9 Å². The molecule has 1 atom stereocenters. The van der Waals surface area contributed by atoms with Gasteiger partial charge in [0.1, 0.15) is 0 Å². The van der Waals surface area contributed by atoms with Crippen LogP contribution in [-0.2, 0) is 9.59 Å². The van der Waals surface area contributed by atoms with Crippen molar-refractivity contribution in [1.29, 1.82) is 0 Å². The normalized spacial score (nSPS) is 15.8. The number of nitrogens with two attached hydrogens (primary N) is 1. The highest BCUT2D eigenvalue weighted by Crippen LogP contribution is 2.10. The van der Waals surface area contributed by atoms with Crippen molar-refractivity contribution in [3.63, 3.8) is 0 Å². The summed E-state index contributed by atoms with van der Waals surface area (Å²) in [7, 11) is 0. The third-order valence-electron chi connectivity index (χ3n) is 6.66. The molecule has 5 N–H and O–H groups in total. The molecule has 6 heteroatoms. The third-order valence-corrected chi connectivity index (χ3v) is 6.66. The van der Waals surface area contributed by atoms with Crippen LogP contribution >= 0.6 is 0 Å². The van der Waals surface area contributed by atoms with Crippen molar-refractivity contribution in [2.75, 3.05) is 13.1 Å². The number of carbonyl (C=O) groups excluding carboxylic acids is 1. The predicted octanol–water partition coefficient (Wildman–Crippen LogP) is 7.22. The van der Waals surface area contributed by atoms with E-state index in [4.69, 9.17) is 10.8 Å². The number of carboxylic acids is 1. The molecule has 1 rings (SSSR count). The van der Waals surface area contributed by atoms with Gasteiger partial charge < -0.3 is 16.2 Å². The Morgan fingerprint density at radius 3 is 2.11 bits per heavy atom. The first-order valence-electron chi connectivity index (χ1n) is 15.2. The van der Waals surface area contributed by atoms with Crippen LogP contribution in [0.2, 0.25) is 0 Å². The molecule has 0 radical (unpaired) electrons. The van der Waals surface area contributed by atoms with Crippen molar-refractivity contribution in [3.05, 3.63) is 12.2 Å². The minimum absolute atomic E-state index is 0.193. The number of nitrogens with one attached hydrogen (secondary N) is 2. The number of carbonyl (C=O) groups is 2. The summed E-state index contributed by atoms with van der Waals surface area (Å²) >= 11 is 0. The second kappa shape index (κ2) is 28.2. The quantitative estimate of drug-likeness (QED) is 0.0911. The SMILES string of the molecule is CCCCCCCC/C=C\CCCCCCCC(=O)O.NCCCCCCNC1CCCCC(=O)N1. The number of hydrogen-bond acceptors (Lipinski definition) is 4. The van der Waals surface area contributed by atoms with Crippen LogP contribution in [0.25, 0.3) is 0 Å². The Morgan fingerprint density at radius 2 is 1.47 bits per heavy atom. The summed E-state index contributed by atoms with van der Waals surface area (Å²) in [6.45, 7) is 4.05. The Kier molecular flexibility index (Phi) is 27.1. The molecule has 0 aromatic carbocycles. The minimum Gasteiger partial charge on any atom is -0.481 e. The van der Waals surface area contributed by atoms with Gasteiger partial charge in [-0.1, -0.05) is 83.3 Å². The van der Waals surface area contributed by atoms with Gasteiger partial charge in [0.2, 0.25) is 5.91 Å². The molecule has 0 aromatic rings. The van der Waals surface area contributed by atoms with Crippen molar-refractivity contribution in [3.8, 4) is 0 Å². The standard InChI is InChI=1S/C18H34O2.C12H25N3O/c1-2-3-4-5-6-7-8-9-10-11-12-13-14-15-16-17-18(19)20;13-9-5-1-2-6-10-14-11-7-3-4-8-12(16)15-11/h9-10H,2-8,11-17H2,1H3,(H,19,20);11,14H,1-10,13H2,(H,15,16)/b10-9-;. The monoisotopic (exact) mass is 509 g/mol. The summed E-state index contributed by atoms with van der Waals surface area (Å²) in [6.07, 6.45) is 30.1. The van der Waals surface area contributed by atoms with Crippen LogP contribution in [-0.4, -0.2) is 36.2 Å². The Labute approximate surface area is 222 Å². The first kappa shape index (κ1) is 34.6. The molecule has 1 heterocycles. The summed E-state index contributed by atoms with van der Waals surface area (Å²) < 4.78 is 0. The second-order valence-corrected chi connectivity index (χ2v) is 10.3. The lowest BCUT2D eigenvalue weighted by molar-refractivity contribution is -0.137. The lowest BCUT2D eigenvalue weighted by Gasteiger charge is -2.17. The lowest BCUT2D eigenvalue weighted by Crippen LogP contribution is -2.44. The van der Waals surface area contributed by atoms with Gasteiger partial charge in [0.25, 0.3) is 0 Å². The van der Waals surface area contributed by atoms with E-state index in [2.05, 4.69) is 29.7 Å². The molecule has 1 aliphatic heterocycles. The lowest BCUT2D eigenvalue weighted by atomic mass is 10.1. The maximum absolute atomic E-state index is 11.3. The third kappa shape index (κ3) is 27.2. The summed E-state index contributed by atoms with van der Waals surface area (Å²) in [6, 6.07) is 0. The van der Waals surface area contributed by atoms with Crippen LogP contribution in [0.15, 0.2) is 12.2 Å². The van der Waals surface area contributed by atoms with E-state index in [0.29, 0.717) is 12.8 Å². The van der Waals surface area contributed by atoms with E-state index in [1.54, 1.807) is 0 Å². The van der Waals surface area contributed by atoms with Crippen molar-refractivity contribution in [1.82, 2.24) is 10.6 Å². The number of allylic oxidation sites excluding steroid dienone is 2. The molecule has 1 aliphatic rings. The van der Waals surface area contributed by atoms with Crippen molar-refractivity contribution in [2.45, 2.75) is 154 Å². The van der Waals surface area contributed by atoms with Gasteiger partial charge in [-0.05, 0) is 77.3 Å². The first-order chi connectivity index (χ1) is 17.6. The number of hydrogen-bond donors (Lipinski definition) is 4. The average molecular weight is 510 g/mol. The Bertz CT molecular complexity index is 526. The van der Waals surface area contributed by atoms with Crippen LogP contribution in [0.3, 0.4) is 0 Å². The Hall–Kier alpha value is -1.40. The highest BCUT2D eigenvalue weighted by Gasteiger charge is 2.14. The zero-order valence-corrected chi connectivity index (χ0v) is 23.5. The minimum atomic E-state index is -0.664. The molecule has 6 nitrogen and oxygen atoms in total. The van der Waals surface area contributed by atoms with Gasteiger partial charge in [0, 0.05) is 12.8 Å². The summed E-state index contributed by atoms with van der Waals surface area (Å²) in [5.74, 6) is -0.472. The molecule has 212 valence electrons. The predicted molar refractivity (Wildman–Crippen MR) is 153 cm³/mol. The van der Waals surface area contributed by atoms with Gasteiger partial charge in [-0.15, -0.1) is 0 Å². The Morgan fingerprint density at radius 1 is 0.889 bits per heavy atom. The molecule has 1 amide bonds. The number of aliphatic carboxylic acids is 1. The Balaban J connectivity index is 0.000000696. The van der Waals surface area contributed by atoms with Crippen LogP contribution in [0.5, 0.6) is 0 Å². The van der Waals surface area contributed by atoms with E-state index in [1.165, 1.54) is 89.9 Å². The van der Waals surface area contributed by atoms with Crippen molar-refractivity contribution >= 4 is 11.9 Å². The van der Waals surface area contributed by atoms with Crippen molar-refractivity contribution < 1.29 is 14.7 Å². The van der Waals surface area contributed by atoms with Crippen molar-refractivity contribution in [2.24, 2.45) is 5.73 Å². The maximum Gasteiger partial charge on any atom is 0.303 e. The van der Waals surface area contributed by atoms with E-state index in [9.17, 15) is 9.59 Å². The molecular weight excluding hydrogens is 450 g/mol. The number of unbranched alkanes of at least 4 members (excludes halogenated alkanes) is 14. The van der Waals surface area contributed by atoms with Crippen LogP contribution in [0.4, 0.5) is 0 Å². The van der Waals surface area contributed by atoms with E-state index in [0.717, 1.165) is 51.6 Å². The zero-order valence-electron chi connectivity index (χ0n) is 23.5. The molecule has 0 aliphatic carbocycles. The highest BCUT2D eigenvalue weighted by atomic mass is 16.4. The summed E-state index contributed by atoms with van der Waals surface area (Å²) in [5, 5.41) is 14.9. The van der Waals surface area contributed by atoms with Crippen LogP contribution in [0.1, 0.15) is 148 Å². The molecule has 0 spiro atoms. The zero-order chi connectivity index (χ0) is 26.5. The highest BCUT2D eigenvalue weighted by molar-refractivity contribution is 5.76. The molecule has 1 saturated heterocycles. The molecule has 1 fully saturated rings. The summed E-state index contributed by atoms with van der Waals surface area (Å²) in [5.41, 5.74) is 5.43. The molecular formula is C30H59N3O3. The fourth-order valence-electron chi connectivity index (χ4n) is 4.37. The average Bonchev–Trinajstić information content (AvgIpc) is 3.07. The number of amides is 1. The van der Waals surface area contributed by atoms with Gasteiger partial charge >= 0.3 is 5.97 Å². The molecule has 0 bridgehead atoms. The van der Waals surface area contributed by atoms with Crippen LogP contribution < -0.4 is 16.4 Å². The number of carboxylic acid groups (broad SMARTS) is 1. The van der Waals surface area contributed by atoms with Gasteiger partial charge in [-0.25, -0.2) is 0 Å².